The number of aliphatic hydroxyl groups is 3. The molecule has 2 aromatic carbocycles. The maximum absolute atomic E-state index is 14.8. The first-order valence-electron chi connectivity index (χ1n) is 46.7. The molecule has 16 atom stereocenters. The van der Waals surface area contributed by atoms with Gasteiger partial charge in [0.15, 0.2) is 17.0 Å². The molecule has 0 unspecified atom stereocenters. The van der Waals surface area contributed by atoms with E-state index in [1.165, 1.54) is 23.9 Å². The predicted octanol–water partition coefficient (Wildman–Crippen LogP) is 8.52. The number of nitrogens with one attached hydrogen (secondary N) is 2. The van der Waals surface area contributed by atoms with Crippen molar-refractivity contribution in [3.63, 3.8) is 0 Å². The summed E-state index contributed by atoms with van der Waals surface area (Å²) in [7, 11) is 4.53. The van der Waals surface area contributed by atoms with Gasteiger partial charge in [-0.05, 0) is 161 Å². The lowest BCUT2D eigenvalue weighted by molar-refractivity contribution is -0.265. The summed E-state index contributed by atoms with van der Waals surface area (Å²) < 4.78 is 77.6. The second-order valence-electron chi connectivity index (χ2n) is 36.0. The van der Waals surface area contributed by atoms with Crippen LogP contribution >= 0.6 is 0 Å². The summed E-state index contributed by atoms with van der Waals surface area (Å²) in [4.78, 5) is 116. The van der Waals surface area contributed by atoms with E-state index >= 15 is 0 Å². The molecule has 6 aliphatic rings. The number of fused-ring (bicyclic) bond motifs is 6. The van der Waals surface area contributed by atoms with Gasteiger partial charge in [-0.2, -0.15) is 10.1 Å². The molecule has 8 heterocycles. The second kappa shape index (κ2) is 50.9. The fourth-order valence-electron chi connectivity index (χ4n) is 18.5. The van der Waals surface area contributed by atoms with Gasteiger partial charge in [-0.3, -0.25) is 28.9 Å². The number of amides is 4. The molecule has 4 fully saturated rings. The number of alkyl carbamates (subject to hydrolysis) is 1. The molecular formula is C96H140N12O23. The number of piperidine rings is 2. The Morgan fingerprint density at radius 2 is 1.43 bits per heavy atom. The molecule has 1 saturated carbocycles. The highest BCUT2D eigenvalue weighted by Gasteiger charge is 2.53. The van der Waals surface area contributed by atoms with E-state index in [0.29, 0.717) is 228 Å². The molecule has 3 aromatic heterocycles. The number of nitrogens with two attached hydrogens (primary N) is 2. The molecule has 35 nitrogen and oxygen atoms in total. The normalized spacial score (nSPS) is 27.4. The van der Waals surface area contributed by atoms with Crippen LogP contribution in [0.25, 0.3) is 33.4 Å². The first-order valence-corrected chi connectivity index (χ1v) is 46.7. The average molecular weight is 1830 g/mol. The Bertz CT molecular complexity index is 4680. The Labute approximate surface area is 768 Å². The van der Waals surface area contributed by atoms with Gasteiger partial charge in [0.1, 0.15) is 53.8 Å². The van der Waals surface area contributed by atoms with Gasteiger partial charge in [-0.15, -0.1) is 0 Å². The predicted molar refractivity (Wildman–Crippen MR) is 487 cm³/mol. The number of rotatable bonds is 34. The van der Waals surface area contributed by atoms with Gasteiger partial charge in [-0.1, -0.05) is 89.3 Å². The first kappa shape index (κ1) is 102. The standard InChI is InChI=1S/C96H140N12O23/c1-60-16-12-11-13-17-61(2)79(119-8)54-73-24-19-66(7)96(118,131-73)89(114)92(115)107-32-15-14-18-75(107)93(116)128-80(55-76(109)62(3)49-65(6)87(113)88(121-10)86(112)64(5)48-60)63(4)50-67-21-25-78(81(52-67)120-9)130-95(117)102-72-28-33-105(34-29-72)58-82(110)99-31-37-123-39-41-125-43-45-127-47-46-126-44-42-124-40-38-122-36-30-83(111)106-35-27-69-51-68(20-22-71(69)57-106)56-108-91-84(90(97)100-59-101-91)85(104-108)70-23-26-77-74(53-70)103-94(98)129-77/h11-13,16-17,20,22-23,26,49,51,53,59-60,62-64,66-67,72-73,75-76,78-81,87-88,109,113,118H,14-15,18-19,21,24-25,27-48,50,52,54-58H2,1-10H3,(H2,98,103)(H,99,110)(H,102,117)(H2,97,100,101)/b13-11?,16-12+,61-17?,65-49+/t60-,62-,63-,64-,66-,67+,73+,75+,76-,78-,79+,80+,81-,87-,88+,96-/m1/s1. The number of likely N-dealkylation sites (tertiary alicyclic amines) is 1. The minimum atomic E-state index is -2.48. The number of methoxy groups -OCH3 is 3. The van der Waals surface area contributed by atoms with Crippen molar-refractivity contribution in [3.05, 3.63) is 107 Å². The van der Waals surface area contributed by atoms with Crippen LogP contribution in [0.3, 0.4) is 0 Å². The van der Waals surface area contributed by atoms with E-state index in [1.807, 2.05) is 84.7 Å². The molecular weight excluding hydrogens is 1690 g/mol. The number of oxazole rings is 1. The number of carbonyl (C=O) groups is 7. The quantitative estimate of drug-likeness (QED) is 0.00877. The van der Waals surface area contributed by atoms with Gasteiger partial charge in [0, 0.05) is 103 Å². The summed E-state index contributed by atoms with van der Waals surface area (Å²) in [5.41, 5.74) is 20.0. The topological polar surface area (TPSA) is 446 Å². The fraction of sp³-hybridized carbons (Fsp3) is 0.656. The number of cyclic esters (lactones) is 1. The van der Waals surface area contributed by atoms with Crippen molar-refractivity contribution in [1.29, 1.82) is 0 Å². The third-order valence-corrected chi connectivity index (χ3v) is 26.3. The van der Waals surface area contributed by atoms with Crippen LogP contribution in [0.4, 0.5) is 16.6 Å². The van der Waals surface area contributed by atoms with E-state index in [0.717, 1.165) is 28.7 Å². The van der Waals surface area contributed by atoms with Crippen LogP contribution < -0.4 is 22.1 Å². The molecule has 5 aromatic rings. The van der Waals surface area contributed by atoms with Crippen LogP contribution in [0, 0.1) is 35.5 Å². The summed E-state index contributed by atoms with van der Waals surface area (Å²) in [6.07, 6.45) is 12.6. The number of ether oxygens (including phenoxy) is 12. The summed E-state index contributed by atoms with van der Waals surface area (Å²) in [5, 5.41) is 47.5. The van der Waals surface area contributed by atoms with Crippen LogP contribution in [0.1, 0.15) is 161 Å². The number of aliphatic hydroxyl groups excluding tert-OH is 2. The van der Waals surface area contributed by atoms with E-state index in [4.69, 9.17) is 77.8 Å². The summed E-state index contributed by atoms with van der Waals surface area (Å²) in [6.45, 7) is 20.6. The number of hydrogen-bond donors (Lipinski definition) is 7. The lowest BCUT2D eigenvalue weighted by Crippen LogP contribution is -2.61. The van der Waals surface area contributed by atoms with Crippen LogP contribution in [0.2, 0.25) is 0 Å². The van der Waals surface area contributed by atoms with Crippen molar-refractivity contribution in [2.45, 2.75) is 231 Å². The fourth-order valence-corrected chi connectivity index (χ4v) is 18.5. The Kier molecular flexibility index (Phi) is 39.8. The zero-order chi connectivity index (χ0) is 93.7. The molecule has 35 heteroatoms. The van der Waals surface area contributed by atoms with E-state index in [1.54, 1.807) is 47.1 Å². The molecule has 11 rings (SSSR count). The largest absolute Gasteiger partial charge is 0.460 e. The number of hydrogen-bond acceptors (Lipinski definition) is 30. The summed E-state index contributed by atoms with van der Waals surface area (Å²) in [6, 6.07) is 10.6. The van der Waals surface area contributed by atoms with Crippen molar-refractivity contribution in [1.82, 2.24) is 50.1 Å². The number of aromatic nitrogens is 5. The molecule has 5 aliphatic heterocycles. The van der Waals surface area contributed by atoms with Crippen molar-refractivity contribution < 1.29 is 110 Å². The zero-order valence-corrected chi connectivity index (χ0v) is 77.9. The molecule has 0 radical (unpaired) electrons. The van der Waals surface area contributed by atoms with Gasteiger partial charge < -0.3 is 108 Å². The molecule has 722 valence electrons. The lowest BCUT2D eigenvalue weighted by atomic mass is 9.78. The van der Waals surface area contributed by atoms with Gasteiger partial charge >= 0.3 is 12.1 Å². The number of Topliss-reactive ketones (excluding diaryl/α,β-unsaturated/α-hetero) is 2. The third kappa shape index (κ3) is 29.2. The van der Waals surface area contributed by atoms with Crippen molar-refractivity contribution in [2.75, 3.05) is 151 Å². The molecule has 0 spiro atoms. The number of allylic oxidation sites excluding steroid dienone is 5. The highest BCUT2D eigenvalue weighted by Crippen LogP contribution is 2.40. The molecule has 3 saturated heterocycles. The Hall–Kier alpha value is -9.05. The monoisotopic (exact) mass is 1830 g/mol. The zero-order valence-electron chi connectivity index (χ0n) is 77.9. The Balaban J connectivity index is 0.526. The van der Waals surface area contributed by atoms with Crippen LogP contribution in [-0.2, 0) is 105 Å². The van der Waals surface area contributed by atoms with E-state index in [2.05, 4.69) is 43.8 Å². The van der Waals surface area contributed by atoms with Gasteiger partial charge in [0.25, 0.3) is 17.7 Å². The average Bonchev–Trinajstić information content (AvgIpc) is 1.48. The van der Waals surface area contributed by atoms with Crippen molar-refractivity contribution >= 4 is 75.3 Å². The maximum Gasteiger partial charge on any atom is 0.407 e. The third-order valence-electron chi connectivity index (χ3n) is 26.3. The summed E-state index contributed by atoms with van der Waals surface area (Å²) >= 11 is 0. The van der Waals surface area contributed by atoms with Crippen LogP contribution in [0.15, 0.2) is 94.7 Å². The Morgan fingerprint density at radius 1 is 0.718 bits per heavy atom. The van der Waals surface area contributed by atoms with Gasteiger partial charge in [-0.25, -0.2) is 24.2 Å². The Morgan fingerprint density at radius 3 is 2.13 bits per heavy atom. The summed E-state index contributed by atoms with van der Waals surface area (Å²) in [5.74, 6) is -7.72. The molecule has 131 heavy (non-hydrogen) atoms. The van der Waals surface area contributed by atoms with Gasteiger partial charge in [0.2, 0.25) is 17.6 Å². The highest BCUT2D eigenvalue weighted by molar-refractivity contribution is 6.39. The van der Waals surface area contributed by atoms with Crippen LogP contribution in [0.5, 0.6) is 0 Å². The van der Waals surface area contributed by atoms with E-state index in [-0.39, 0.29) is 80.3 Å². The maximum atomic E-state index is 14.8. The lowest BCUT2D eigenvalue weighted by Gasteiger charge is -2.43. The van der Waals surface area contributed by atoms with Gasteiger partial charge in [0.05, 0.1) is 129 Å². The molecule has 9 N–H and O–H groups in total. The number of carbonyl (C=O) groups excluding carboxylic acids is 7. The van der Waals surface area contributed by atoms with E-state index < -0.39 is 108 Å². The minimum Gasteiger partial charge on any atom is -0.460 e. The number of nitrogen functional groups attached to an aromatic ring is 2. The van der Waals surface area contributed by atoms with Crippen molar-refractivity contribution in [2.24, 2.45) is 35.5 Å². The molecule has 1 aliphatic carbocycles. The minimum absolute atomic E-state index is 0.000695. The highest BCUT2D eigenvalue weighted by atomic mass is 16.6. The second-order valence-corrected chi connectivity index (χ2v) is 36.0. The number of anilines is 2. The number of nitrogens with zero attached hydrogens (tertiary/aromatic N) is 8. The van der Waals surface area contributed by atoms with Crippen LogP contribution in [-0.4, -0.2) is 303 Å². The van der Waals surface area contributed by atoms with E-state index in [9.17, 15) is 48.9 Å². The van der Waals surface area contributed by atoms with Crippen molar-refractivity contribution in [3.8, 4) is 11.3 Å². The SMILES string of the molecule is CO[C@H]1C[C@@H]2CC[C@@H](C)[C@@](O)(O2)C(=O)C(=O)N2CCCC[C@H]2C(=O)O[C@H]([C@H](C)C[C@@H]2CC[C@@H](OC(=O)NC3CCN(CC(=O)NCCOCCOCCOCCOCCOCCOCCC(=O)N4CCc5cc(Cn6nc(-c7ccc8oc(N)nc8c7)c7c(N)ncnc76)ccc5C4)CC3)[C@H](OC)C2)C[C@@H](O)[C@H](C)/C=C(\C)[C@@H](O)[C@@H](OC)C(=O)[C@H](C)C[C@H](C)/C=C/C=CC=C1C. The molecule has 4 amide bonds. The number of ketones is 2. The molecule has 2 bridgehead atoms. The number of esters is 1. The smallest absolute Gasteiger partial charge is 0.407 e. The first-order chi connectivity index (χ1) is 63.1. The number of benzene rings is 2.